The van der Waals surface area contributed by atoms with E-state index >= 15 is 4.39 Å². The number of carbonyl (C=O) groups is 3. The molecule has 1 aromatic heterocycles. The van der Waals surface area contributed by atoms with Gasteiger partial charge in [-0.25, -0.2) is 23.4 Å². The lowest BCUT2D eigenvalue weighted by molar-refractivity contribution is -0.126. The van der Waals surface area contributed by atoms with Gasteiger partial charge >= 0.3 is 12.2 Å². The first kappa shape index (κ1) is 31.8. The number of anilines is 1. The standard InChI is InChI=1S/C30H40F2N4O5/c1-17(2)20-12-11-18(14-22(20)32)24(21-10-9-13-33-25(21)35-27(38)40-29(3,4)5)34-26(37)23-15-19(31)16-36(23)28(39)41-30(6,7)8/h9-14,17,19,23-24H,15-16H2,1-8H3,(H,34,37)(H,33,35,38)/t19-,23+,24+/m1/s1. The van der Waals surface area contributed by atoms with E-state index in [4.69, 9.17) is 9.47 Å². The first-order valence-electron chi connectivity index (χ1n) is 13.6. The number of halogens is 2. The summed E-state index contributed by atoms with van der Waals surface area (Å²) in [7, 11) is 0. The maximum atomic E-state index is 15.2. The van der Waals surface area contributed by atoms with Crippen molar-refractivity contribution in [3.8, 4) is 0 Å². The highest BCUT2D eigenvalue weighted by Crippen LogP contribution is 2.32. The summed E-state index contributed by atoms with van der Waals surface area (Å²) in [6.07, 6.45) is -1.78. The molecule has 0 saturated carbocycles. The van der Waals surface area contributed by atoms with Gasteiger partial charge in [0.2, 0.25) is 5.91 Å². The lowest BCUT2D eigenvalue weighted by Crippen LogP contribution is -2.48. The summed E-state index contributed by atoms with van der Waals surface area (Å²) in [4.78, 5) is 44.4. The van der Waals surface area contributed by atoms with E-state index in [1.54, 1.807) is 65.8 Å². The number of likely N-dealkylation sites (tertiary alicyclic amines) is 1. The molecule has 2 aromatic rings. The van der Waals surface area contributed by atoms with E-state index in [2.05, 4.69) is 15.6 Å². The average molecular weight is 575 g/mol. The molecule has 0 unspecified atom stereocenters. The number of aromatic nitrogens is 1. The van der Waals surface area contributed by atoms with Crippen LogP contribution in [0.1, 0.15) is 90.5 Å². The van der Waals surface area contributed by atoms with E-state index in [1.807, 2.05) is 13.8 Å². The largest absolute Gasteiger partial charge is 0.444 e. The van der Waals surface area contributed by atoms with Crippen molar-refractivity contribution >= 4 is 23.9 Å². The van der Waals surface area contributed by atoms with Crippen LogP contribution in [0.25, 0.3) is 0 Å². The molecule has 1 saturated heterocycles. The van der Waals surface area contributed by atoms with E-state index in [0.717, 1.165) is 4.90 Å². The Balaban J connectivity index is 2.01. The van der Waals surface area contributed by atoms with Crippen LogP contribution in [0.2, 0.25) is 0 Å². The Hall–Kier alpha value is -3.76. The van der Waals surface area contributed by atoms with Crippen molar-refractivity contribution in [1.82, 2.24) is 15.2 Å². The number of rotatable bonds is 6. The Morgan fingerprint density at radius 2 is 1.68 bits per heavy atom. The van der Waals surface area contributed by atoms with Crippen molar-refractivity contribution in [3.05, 3.63) is 59.0 Å². The van der Waals surface area contributed by atoms with Crippen molar-refractivity contribution in [2.45, 2.75) is 97.2 Å². The monoisotopic (exact) mass is 574 g/mol. The van der Waals surface area contributed by atoms with Crippen molar-refractivity contribution in [2.24, 2.45) is 0 Å². The second kappa shape index (κ2) is 12.4. The molecule has 2 heterocycles. The maximum Gasteiger partial charge on any atom is 0.413 e. The van der Waals surface area contributed by atoms with Gasteiger partial charge in [0.1, 0.15) is 35.1 Å². The van der Waals surface area contributed by atoms with Crippen LogP contribution in [0.3, 0.4) is 0 Å². The predicted octanol–water partition coefficient (Wildman–Crippen LogP) is 6.24. The van der Waals surface area contributed by atoms with E-state index < -0.39 is 53.4 Å². The van der Waals surface area contributed by atoms with Gasteiger partial charge in [-0.15, -0.1) is 0 Å². The van der Waals surface area contributed by atoms with Crippen LogP contribution in [0.4, 0.5) is 24.2 Å². The SMILES string of the molecule is CC(C)c1ccc([C@H](NC(=O)[C@@H]2C[C@@H](F)CN2C(=O)OC(C)(C)C)c2cccnc2NC(=O)OC(C)(C)C)cc1F. The minimum Gasteiger partial charge on any atom is -0.444 e. The molecule has 3 amide bonds. The third kappa shape index (κ3) is 8.61. The second-order valence-electron chi connectivity index (χ2n) is 12.4. The maximum absolute atomic E-state index is 15.2. The minimum atomic E-state index is -1.43. The zero-order chi connectivity index (χ0) is 30.7. The van der Waals surface area contributed by atoms with Gasteiger partial charge in [0.15, 0.2) is 0 Å². The van der Waals surface area contributed by atoms with Crippen LogP contribution in [-0.2, 0) is 14.3 Å². The van der Waals surface area contributed by atoms with Gasteiger partial charge in [-0.1, -0.05) is 32.0 Å². The predicted molar refractivity (Wildman–Crippen MR) is 151 cm³/mol. The van der Waals surface area contributed by atoms with E-state index in [1.165, 1.54) is 12.3 Å². The Morgan fingerprint density at radius 1 is 1.02 bits per heavy atom. The molecule has 41 heavy (non-hydrogen) atoms. The van der Waals surface area contributed by atoms with Gasteiger partial charge in [0, 0.05) is 18.2 Å². The molecule has 3 rings (SSSR count). The van der Waals surface area contributed by atoms with Gasteiger partial charge in [-0.2, -0.15) is 0 Å². The molecular weight excluding hydrogens is 534 g/mol. The van der Waals surface area contributed by atoms with Crippen LogP contribution in [-0.4, -0.2) is 57.9 Å². The number of nitrogens with zero attached hydrogens (tertiary/aromatic N) is 2. The van der Waals surface area contributed by atoms with Crippen molar-refractivity contribution in [3.63, 3.8) is 0 Å². The molecule has 3 atom stereocenters. The molecule has 1 aliphatic rings. The lowest BCUT2D eigenvalue weighted by atomic mass is 9.94. The summed E-state index contributed by atoms with van der Waals surface area (Å²) in [5.41, 5.74) is -0.438. The van der Waals surface area contributed by atoms with E-state index in [-0.39, 0.29) is 24.7 Å². The third-order valence-corrected chi connectivity index (χ3v) is 6.22. The molecular formula is C30H40F2N4O5. The number of hydrogen-bond donors (Lipinski definition) is 2. The fraction of sp³-hybridized carbons (Fsp3) is 0.533. The molecule has 11 heteroatoms. The van der Waals surface area contributed by atoms with E-state index in [0.29, 0.717) is 16.7 Å². The number of amides is 3. The second-order valence-corrected chi connectivity index (χ2v) is 12.4. The highest BCUT2D eigenvalue weighted by Gasteiger charge is 2.42. The fourth-order valence-electron chi connectivity index (χ4n) is 4.48. The summed E-state index contributed by atoms with van der Waals surface area (Å²) in [5, 5.41) is 5.45. The molecule has 1 aromatic carbocycles. The summed E-state index contributed by atoms with van der Waals surface area (Å²) >= 11 is 0. The molecule has 0 radical (unpaired) electrons. The zero-order valence-corrected chi connectivity index (χ0v) is 24.9. The fourth-order valence-corrected chi connectivity index (χ4v) is 4.48. The van der Waals surface area contributed by atoms with Crippen molar-refractivity contribution in [2.75, 3.05) is 11.9 Å². The number of benzene rings is 1. The quantitative estimate of drug-likeness (QED) is 0.422. The number of nitrogens with one attached hydrogen (secondary N) is 2. The van der Waals surface area contributed by atoms with Crippen LogP contribution >= 0.6 is 0 Å². The van der Waals surface area contributed by atoms with Gasteiger partial charge < -0.3 is 14.8 Å². The molecule has 1 aliphatic heterocycles. The Kier molecular flexibility index (Phi) is 9.61. The summed E-state index contributed by atoms with van der Waals surface area (Å²) in [6.45, 7) is 13.6. The molecule has 0 aliphatic carbocycles. The summed E-state index contributed by atoms with van der Waals surface area (Å²) < 4.78 is 40.4. The number of hydrogen-bond acceptors (Lipinski definition) is 6. The van der Waals surface area contributed by atoms with Crippen molar-refractivity contribution < 1.29 is 32.6 Å². The number of carbonyl (C=O) groups excluding carboxylic acids is 3. The molecule has 9 nitrogen and oxygen atoms in total. The van der Waals surface area contributed by atoms with Crippen molar-refractivity contribution in [1.29, 1.82) is 0 Å². The molecule has 224 valence electrons. The number of ether oxygens (including phenoxy) is 2. The lowest BCUT2D eigenvalue weighted by Gasteiger charge is -2.29. The topological polar surface area (TPSA) is 110 Å². The van der Waals surface area contributed by atoms with Crippen LogP contribution in [0, 0.1) is 5.82 Å². The Bertz CT molecular complexity index is 1270. The smallest absolute Gasteiger partial charge is 0.413 e. The first-order chi connectivity index (χ1) is 18.9. The van der Waals surface area contributed by atoms with Gasteiger partial charge in [0.25, 0.3) is 0 Å². The minimum absolute atomic E-state index is 0.0813. The Labute approximate surface area is 240 Å². The van der Waals surface area contributed by atoms with Crippen LogP contribution in [0.15, 0.2) is 36.5 Å². The molecule has 0 spiro atoms. The number of pyridine rings is 1. The van der Waals surface area contributed by atoms with Gasteiger partial charge in [0.05, 0.1) is 12.6 Å². The Morgan fingerprint density at radius 3 is 2.27 bits per heavy atom. The average Bonchev–Trinajstić information content (AvgIpc) is 3.22. The zero-order valence-electron chi connectivity index (χ0n) is 24.9. The summed E-state index contributed by atoms with van der Waals surface area (Å²) in [5.74, 6) is -1.13. The van der Waals surface area contributed by atoms with Crippen LogP contribution in [0.5, 0.6) is 0 Å². The highest BCUT2D eigenvalue weighted by atomic mass is 19.1. The summed E-state index contributed by atoms with van der Waals surface area (Å²) in [6, 6.07) is 5.66. The third-order valence-electron chi connectivity index (χ3n) is 6.22. The van der Waals surface area contributed by atoms with E-state index in [9.17, 15) is 18.8 Å². The molecule has 2 N–H and O–H groups in total. The normalized spacial score (nSPS) is 18.2. The molecule has 1 fully saturated rings. The highest BCUT2D eigenvalue weighted by molar-refractivity contribution is 5.88. The first-order valence-corrected chi connectivity index (χ1v) is 13.6. The number of alkyl halides is 1. The van der Waals surface area contributed by atoms with Crippen LogP contribution < -0.4 is 10.6 Å². The van der Waals surface area contributed by atoms with Gasteiger partial charge in [-0.3, -0.25) is 15.0 Å². The molecule has 0 bridgehead atoms. The van der Waals surface area contributed by atoms with Gasteiger partial charge in [-0.05, 0) is 70.7 Å².